The summed E-state index contributed by atoms with van der Waals surface area (Å²) >= 11 is 16.3. The molecule has 0 radical (unpaired) electrons. The molecule has 0 aromatic rings. The Hall–Kier alpha value is 0.140. The molecule has 0 heterocycles. The zero-order chi connectivity index (χ0) is 13.1. The summed E-state index contributed by atoms with van der Waals surface area (Å²) in [6.45, 7) is 2.55. The first-order valence-corrected chi connectivity index (χ1v) is 7.06. The number of halogens is 3. The van der Waals surface area contributed by atoms with E-state index in [9.17, 15) is 4.79 Å². The van der Waals surface area contributed by atoms with E-state index >= 15 is 0 Å². The number of hydrogen-bond donors (Lipinski definition) is 1. The highest BCUT2D eigenvalue weighted by molar-refractivity contribution is 6.67. The van der Waals surface area contributed by atoms with Gasteiger partial charge in [0.15, 0.2) is 0 Å². The summed E-state index contributed by atoms with van der Waals surface area (Å²) in [5.74, 6) is 0. The molecule has 0 aromatic heterocycles. The smallest absolute Gasteiger partial charge is 0.407 e. The van der Waals surface area contributed by atoms with Gasteiger partial charge in [0.25, 0.3) is 0 Å². The molecule has 0 aliphatic heterocycles. The minimum atomic E-state index is -1.54. The number of alkyl halides is 3. The van der Waals surface area contributed by atoms with Crippen LogP contribution in [0.2, 0.25) is 0 Å². The van der Waals surface area contributed by atoms with Crippen molar-refractivity contribution in [2.45, 2.75) is 49.2 Å². The molecule has 0 fully saturated rings. The van der Waals surface area contributed by atoms with Crippen molar-refractivity contribution in [3.8, 4) is 0 Å². The molecule has 0 unspecified atom stereocenters. The van der Waals surface area contributed by atoms with E-state index in [-0.39, 0.29) is 6.61 Å². The highest BCUT2D eigenvalue weighted by Gasteiger charge is 2.21. The van der Waals surface area contributed by atoms with Crippen molar-refractivity contribution in [2.75, 3.05) is 13.2 Å². The van der Waals surface area contributed by atoms with Crippen LogP contribution in [-0.4, -0.2) is 23.0 Å². The van der Waals surface area contributed by atoms with Crippen molar-refractivity contribution < 1.29 is 9.53 Å². The topological polar surface area (TPSA) is 38.3 Å². The number of carbonyl (C=O) groups is 1. The van der Waals surface area contributed by atoms with Gasteiger partial charge in [-0.15, -0.1) is 0 Å². The Morgan fingerprint density at radius 1 is 1.12 bits per heavy atom. The maximum atomic E-state index is 11.1. The molecule has 0 atom stereocenters. The molecular weight excluding hydrogens is 284 g/mol. The number of amides is 1. The van der Waals surface area contributed by atoms with Crippen molar-refractivity contribution in [3.05, 3.63) is 0 Å². The molecule has 6 heteroatoms. The summed E-state index contributed by atoms with van der Waals surface area (Å²) in [6, 6.07) is 0. The van der Waals surface area contributed by atoms with E-state index in [1.165, 1.54) is 25.7 Å². The summed E-state index contributed by atoms with van der Waals surface area (Å²) in [5.41, 5.74) is 0. The Bertz CT molecular complexity index is 207. The largest absolute Gasteiger partial charge is 0.445 e. The number of carbonyl (C=O) groups excluding carboxylic acids is 1. The van der Waals surface area contributed by atoms with Gasteiger partial charge < -0.3 is 10.1 Å². The first kappa shape index (κ1) is 17.1. The molecule has 1 N–H and O–H groups in total. The summed E-state index contributed by atoms with van der Waals surface area (Å²) in [7, 11) is 0. The molecule has 0 aliphatic carbocycles. The molecule has 0 saturated carbocycles. The maximum Gasteiger partial charge on any atom is 0.407 e. The van der Waals surface area contributed by atoms with E-state index in [1.807, 2.05) is 0 Å². The molecular formula is C11H20Cl3NO2. The lowest BCUT2D eigenvalue weighted by molar-refractivity contribution is 0.148. The van der Waals surface area contributed by atoms with Crippen LogP contribution in [0.5, 0.6) is 0 Å². The number of nitrogens with one attached hydrogen (secondary N) is 1. The number of unbranched alkanes of at least 4 members (excludes halogenated alkanes) is 5. The Kier molecular flexibility index (Phi) is 10.2. The van der Waals surface area contributed by atoms with Gasteiger partial charge in [-0.1, -0.05) is 73.8 Å². The standard InChI is InChI=1S/C11H20Cl3NO2/c1-2-3-4-5-6-7-8-15-10(16)17-9-11(12,13)14/h2-9H2,1H3,(H,15,16). The van der Waals surface area contributed by atoms with Crippen LogP contribution >= 0.6 is 34.8 Å². The van der Waals surface area contributed by atoms with Crippen LogP contribution in [-0.2, 0) is 4.74 Å². The molecule has 0 bridgehead atoms. The van der Waals surface area contributed by atoms with Gasteiger partial charge in [-0.2, -0.15) is 0 Å². The molecule has 102 valence electrons. The number of rotatable bonds is 8. The number of ether oxygens (including phenoxy) is 1. The predicted octanol–water partition coefficient (Wildman–Crippen LogP) is 4.44. The lowest BCUT2D eigenvalue weighted by Gasteiger charge is -2.11. The first-order chi connectivity index (χ1) is 7.95. The quantitative estimate of drug-likeness (QED) is 0.531. The average Bonchev–Trinajstić information content (AvgIpc) is 2.24. The van der Waals surface area contributed by atoms with Crippen LogP contribution in [0.25, 0.3) is 0 Å². The minimum Gasteiger partial charge on any atom is -0.445 e. The Morgan fingerprint density at radius 2 is 1.71 bits per heavy atom. The third-order valence-electron chi connectivity index (χ3n) is 2.17. The first-order valence-electron chi connectivity index (χ1n) is 5.93. The monoisotopic (exact) mass is 303 g/mol. The molecule has 0 aromatic carbocycles. The highest BCUT2D eigenvalue weighted by Crippen LogP contribution is 2.25. The lowest BCUT2D eigenvalue weighted by atomic mass is 10.1. The SMILES string of the molecule is CCCCCCCCNC(=O)OCC(Cl)(Cl)Cl. The highest BCUT2D eigenvalue weighted by atomic mass is 35.6. The van der Waals surface area contributed by atoms with E-state index in [0.29, 0.717) is 6.54 Å². The van der Waals surface area contributed by atoms with Crippen LogP contribution in [0.1, 0.15) is 45.4 Å². The molecule has 0 aliphatic rings. The third-order valence-corrected chi connectivity index (χ3v) is 2.49. The molecule has 0 rings (SSSR count). The Balaban J connectivity index is 3.28. The summed E-state index contributed by atoms with van der Waals surface area (Å²) in [5, 5.41) is 2.61. The minimum absolute atomic E-state index is 0.236. The number of alkyl carbamates (subject to hydrolysis) is 1. The van der Waals surface area contributed by atoms with Gasteiger partial charge in [-0.05, 0) is 6.42 Å². The molecule has 3 nitrogen and oxygen atoms in total. The zero-order valence-corrected chi connectivity index (χ0v) is 12.4. The summed E-state index contributed by atoms with van der Waals surface area (Å²) in [6.07, 6.45) is 6.51. The third kappa shape index (κ3) is 14.1. The van der Waals surface area contributed by atoms with Gasteiger partial charge in [0.2, 0.25) is 3.79 Å². The van der Waals surface area contributed by atoms with Crippen LogP contribution in [0, 0.1) is 0 Å². The van der Waals surface area contributed by atoms with Crippen LogP contribution < -0.4 is 5.32 Å². The van der Waals surface area contributed by atoms with Crippen LogP contribution in [0.4, 0.5) is 4.79 Å². The molecule has 0 saturated heterocycles. The van der Waals surface area contributed by atoms with Gasteiger partial charge in [0.05, 0.1) is 0 Å². The van der Waals surface area contributed by atoms with Gasteiger partial charge in [-0.25, -0.2) is 4.79 Å². The average molecular weight is 305 g/mol. The van der Waals surface area contributed by atoms with Crippen molar-refractivity contribution in [1.29, 1.82) is 0 Å². The Labute approximate surface area is 118 Å². The van der Waals surface area contributed by atoms with Gasteiger partial charge >= 0.3 is 6.09 Å². The van der Waals surface area contributed by atoms with E-state index in [2.05, 4.69) is 12.2 Å². The summed E-state index contributed by atoms with van der Waals surface area (Å²) < 4.78 is 3.16. The second-order valence-corrected chi connectivity index (χ2v) is 6.40. The fourth-order valence-electron chi connectivity index (χ4n) is 1.29. The van der Waals surface area contributed by atoms with Crippen LogP contribution in [0.3, 0.4) is 0 Å². The Morgan fingerprint density at radius 3 is 2.29 bits per heavy atom. The normalized spacial score (nSPS) is 11.3. The fraction of sp³-hybridized carbons (Fsp3) is 0.909. The van der Waals surface area contributed by atoms with E-state index in [1.54, 1.807) is 0 Å². The van der Waals surface area contributed by atoms with Crippen molar-refractivity contribution in [2.24, 2.45) is 0 Å². The van der Waals surface area contributed by atoms with E-state index in [4.69, 9.17) is 39.5 Å². The van der Waals surface area contributed by atoms with Gasteiger partial charge in [0.1, 0.15) is 6.61 Å². The van der Waals surface area contributed by atoms with Crippen molar-refractivity contribution in [1.82, 2.24) is 5.32 Å². The van der Waals surface area contributed by atoms with Crippen LogP contribution in [0.15, 0.2) is 0 Å². The molecule has 1 amide bonds. The molecule has 17 heavy (non-hydrogen) atoms. The molecule has 0 spiro atoms. The van der Waals surface area contributed by atoms with Crippen molar-refractivity contribution in [3.63, 3.8) is 0 Å². The number of hydrogen-bond acceptors (Lipinski definition) is 2. The summed E-state index contributed by atoms with van der Waals surface area (Å²) in [4.78, 5) is 11.1. The predicted molar refractivity (Wildman–Crippen MR) is 73.0 cm³/mol. The van der Waals surface area contributed by atoms with Gasteiger partial charge in [-0.3, -0.25) is 0 Å². The maximum absolute atomic E-state index is 11.1. The second kappa shape index (κ2) is 10.1. The van der Waals surface area contributed by atoms with Gasteiger partial charge in [0, 0.05) is 6.54 Å². The zero-order valence-electron chi connectivity index (χ0n) is 10.1. The lowest BCUT2D eigenvalue weighted by Crippen LogP contribution is -2.28. The fourth-order valence-corrected chi connectivity index (χ4v) is 1.46. The van der Waals surface area contributed by atoms with E-state index in [0.717, 1.165) is 12.8 Å². The van der Waals surface area contributed by atoms with E-state index < -0.39 is 9.89 Å². The second-order valence-electron chi connectivity index (χ2n) is 3.89. The van der Waals surface area contributed by atoms with Crippen molar-refractivity contribution >= 4 is 40.9 Å².